The molecule has 1 nitrogen and oxygen atoms in total. The minimum absolute atomic E-state index is 0.0434. The van der Waals surface area contributed by atoms with E-state index in [1.807, 2.05) is 0 Å². The monoisotopic (exact) mass is 374 g/mol. The van der Waals surface area contributed by atoms with Crippen LogP contribution in [-0.4, -0.2) is 5.11 Å². The van der Waals surface area contributed by atoms with Crippen molar-refractivity contribution in [3.05, 3.63) is 28.8 Å². The lowest BCUT2D eigenvalue weighted by atomic mass is 9.77. The quantitative estimate of drug-likeness (QED) is 0.406. The number of aromatic hydroxyl groups is 1. The fourth-order valence-electron chi connectivity index (χ4n) is 3.84. The molecule has 0 radical (unpaired) electrons. The Morgan fingerprint density at radius 2 is 1.15 bits per heavy atom. The Balaban J connectivity index is 2.75. The maximum absolute atomic E-state index is 10.9. The molecule has 0 saturated carbocycles. The highest BCUT2D eigenvalue weighted by Gasteiger charge is 2.27. The summed E-state index contributed by atoms with van der Waals surface area (Å²) in [6.07, 6.45) is 12.2. The van der Waals surface area contributed by atoms with Gasteiger partial charge in [0.1, 0.15) is 5.75 Å². The van der Waals surface area contributed by atoms with Gasteiger partial charge in [-0.15, -0.1) is 0 Å². The molecule has 1 N–H and O–H groups in total. The van der Waals surface area contributed by atoms with Crippen LogP contribution in [-0.2, 0) is 10.8 Å². The molecule has 156 valence electrons. The summed E-state index contributed by atoms with van der Waals surface area (Å²) in [5.41, 5.74) is 3.49. The topological polar surface area (TPSA) is 20.2 Å². The van der Waals surface area contributed by atoms with E-state index in [0.29, 0.717) is 11.7 Å². The van der Waals surface area contributed by atoms with E-state index < -0.39 is 0 Å². The summed E-state index contributed by atoms with van der Waals surface area (Å²) in [5, 5.41) is 10.9. The summed E-state index contributed by atoms with van der Waals surface area (Å²) in [6, 6.07) is 4.53. The minimum atomic E-state index is -0.0434. The molecule has 27 heavy (non-hydrogen) atoms. The van der Waals surface area contributed by atoms with Gasteiger partial charge in [0.05, 0.1) is 0 Å². The SMILES string of the molecule is CCCCCCCCCCC(C)c1cc(C(C)(C)C)c(O)c(C(C)(C)C)c1. The number of benzene rings is 1. The van der Waals surface area contributed by atoms with Gasteiger partial charge in [-0.05, 0) is 39.9 Å². The number of hydrogen-bond acceptors (Lipinski definition) is 1. The molecule has 0 aromatic heterocycles. The Morgan fingerprint density at radius 1 is 0.741 bits per heavy atom. The third kappa shape index (κ3) is 7.88. The molecule has 1 unspecified atom stereocenters. The maximum atomic E-state index is 10.9. The molecule has 0 fully saturated rings. The lowest BCUT2D eigenvalue weighted by Gasteiger charge is -2.29. The average Bonchev–Trinajstić information content (AvgIpc) is 2.55. The average molecular weight is 375 g/mol. The third-order valence-electron chi connectivity index (χ3n) is 5.81. The molecule has 1 rings (SSSR count). The van der Waals surface area contributed by atoms with E-state index in [2.05, 4.69) is 67.5 Å². The molecule has 1 aromatic carbocycles. The summed E-state index contributed by atoms with van der Waals surface area (Å²) < 4.78 is 0. The molecule has 1 aromatic rings. The third-order valence-corrected chi connectivity index (χ3v) is 5.81. The molecule has 0 spiro atoms. The zero-order valence-corrected chi connectivity index (χ0v) is 19.5. The summed E-state index contributed by atoms with van der Waals surface area (Å²) >= 11 is 0. The zero-order valence-electron chi connectivity index (χ0n) is 19.5. The van der Waals surface area contributed by atoms with Gasteiger partial charge < -0.3 is 5.11 Å². The van der Waals surface area contributed by atoms with Crippen molar-refractivity contribution < 1.29 is 5.11 Å². The van der Waals surface area contributed by atoms with Crippen LogP contribution >= 0.6 is 0 Å². The summed E-state index contributed by atoms with van der Waals surface area (Å²) in [5.74, 6) is 1.05. The first kappa shape index (κ1) is 24.1. The van der Waals surface area contributed by atoms with Crippen molar-refractivity contribution in [1.29, 1.82) is 0 Å². The van der Waals surface area contributed by atoms with Crippen molar-refractivity contribution in [2.75, 3.05) is 0 Å². The van der Waals surface area contributed by atoms with E-state index in [4.69, 9.17) is 0 Å². The number of hydrogen-bond donors (Lipinski definition) is 1. The van der Waals surface area contributed by atoms with Crippen molar-refractivity contribution in [1.82, 2.24) is 0 Å². The molecule has 0 aliphatic heterocycles. The first-order valence-corrected chi connectivity index (χ1v) is 11.4. The van der Waals surface area contributed by atoms with Gasteiger partial charge in [-0.1, -0.05) is 119 Å². The lowest BCUT2D eigenvalue weighted by Crippen LogP contribution is -2.18. The predicted octanol–water partition coefficient (Wildman–Crippen LogP) is 8.62. The normalized spacial score (nSPS) is 13.8. The molecule has 1 atom stereocenters. The Labute approximate surface area is 170 Å². The largest absolute Gasteiger partial charge is 0.507 e. The highest BCUT2D eigenvalue weighted by atomic mass is 16.3. The van der Waals surface area contributed by atoms with E-state index in [9.17, 15) is 5.11 Å². The smallest absolute Gasteiger partial charge is 0.123 e. The minimum Gasteiger partial charge on any atom is -0.507 e. The van der Waals surface area contributed by atoms with Crippen molar-refractivity contribution in [2.45, 2.75) is 130 Å². The van der Waals surface area contributed by atoms with E-state index in [-0.39, 0.29) is 10.8 Å². The van der Waals surface area contributed by atoms with Crippen LogP contribution in [0, 0.1) is 0 Å². The second kappa shape index (κ2) is 10.5. The predicted molar refractivity (Wildman–Crippen MR) is 121 cm³/mol. The van der Waals surface area contributed by atoms with Crippen LogP contribution in [0.4, 0.5) is 0 Å². The second-order valence-corrected chi connectivity index (χ2v) is 10.6. The fraction of sp³-hybridized carbons (Fsp3) is 0.769. The van der Waals surface area contributed by atoms with Gasteiger partial charge in [0.2, 0.25) is 0 Å². The highest BCUT2D eigenvalue weighted by Crippen LogP contribution is 2.41. The molecule has 0 bridgehead atoms. The number of phenolic OH excluding ortho intramolecular Hbond substituents is 1. The van der Waals surface area contributed by atoms with Crippen LogP contribution in [0.25, 0.3) is 0 Å². The first-order valence-electron chi connectivity index (χ1n) is 11.4. The van der Waals surface area contributed by atoms with Crippen molar-refractivity contribution in [2.24, 2.45) is 0 Å². The molecular formula is C26H46O. The van der Waals surface area contributed by atoms with E-state index in [1.165, 1.54) is 63.4 Å². The number of rotatable bonds is 10. The van der Waals surface area contributed by atoms with Crippen LogP contribution in [0.15, 0.2) is 12.1 Å². The number of unbranched alkanes of at least 4 members (excludes halogenated alkanes) is 7. The molecule has 1 heteroatoms. The Bertz CT molecular complexity index is 522. The van der Waals surface area contributed by atoms with Gasteiger partial charge in [0.15, 0.2) is 0 Å². The molecule has 0 saturated heterocycles. The standard InChI is InChI=1S/C26H46O/c1-9-10-11-12-13-14-15-16-17-20(2)21-18-22(25(3,4)5)24(27)23(19-21)26(6,7)8/h18-20,27H,9-17H2,1-8H3. The second-order valence-electron chi connectivity index (χ2n) is 10.6. The summed E-state index contributed by atoms with van der Waals surface area (Å²) in [4.78, 5) is 0. The first-order chi connectivity index (χ1) is 12.5. The Morgan fingerprint density at radius 3 is 1.56 bits per heavy atom. The molecule has 0 amide bonds. The summed E-state index contributed by atoms with van der Waals surface area (Å²) in [7, 11) is 0. The summed E-state index contributed by atoms with van der Waals surface area (Å²) in [6.45, 7) is 17.8. The van der Waals surface area contributed by atoms with Crippen molar-refractivity contribution in [3.63, 3.8) is 0 Å². The molecule has 0 aliphatic carbocycles. The van der Waals surface area contributed by atoms with Crippen molar-refractivity contribution >= 4 is 0 Å². The molecule has 0 heterocycles. The number of phenols is 1. The van der Waals surface area contributed by atoms with Gasteiger partial charge in [-0.3, -0.25) is 0 Å². The van der Waals surface area contributed by atoms with E-state index in [0.717, 1.165) is 11.1 Å². The van der Waals surface area contributed by atoms with Gasteiger partial charge in [0, 0.05) is 0 Å². The fourth-order valence-corrected chi connectivity index (χ4v) is 3.84. The van der Waals surface area contributed by atoms with Crippen LogP contribution in [0.1, 0.15) is 136 Å². The Hall–Kier alpha value is -0.980. The van der Waals surface area contributed by atoms with Gasteiger partial charge in [-0.2, -0.15) is 0 Å². The zero-order chi connectivity index (χ0) is 20.7. The van der Waals surface area contributed by atoms with Crippen LogP contribution < -0.4 is 0 Å². The van der Waals surface area contributed by atoms with E-state index in [1.54, 1.807) is 0 Å². The lowest BCUT2D eigenvalue weighted by molar-refractivity contribution is 0.422. The van der Waals surface area contributed by atoms with Crippen LogP contribution in [0.5, 0.6) is 5.75 Å². The van der Waals surface area contributed by atoms with Gasteiger partial charge in [-0.25, -0.2) is 0 Å². The molecular weight excluding hydrogens is 328 g/mol. The van der Waals surface area contributed by atoms with Crippen LogP contribution in [0.3, 0.4) is 0 Å². The van der Waals surface area contributed by atoms with E-state index >= 15 is 0 Å². The molecule has 0 aliphatic rings. The van der Waals surface area contributed by atoms with Crippen LogP contribution in [0.2, 0.25) is 0 Å². The highest BCUT2D eigenvalue weighted by molar-refractivity contribution is 5.50. The van der Waals surface area contributed by atoms with Gasteiger partial charge >= 0.3 is 0 Å². The Kier molecular flexibility index (Phi) is 9.39. The van der Waals surface area contributed by atoms with Crippen molar-refractivity contribution in [3.8, 4) is 5.75 Å². The maximum Gasteiger partial charge on any atom is 0.123 e. The van der Waals surface area contributed by atoms with Gasteiger partial charge in [0.25, 0.3) is 0 Å².